The molecule has 0 radical (unpaired) electrons. The van der Waals surface area contributed by atoms with E-state index < -0.39 is 0 Å². The monoisotopic (exact) mass is 289 g/mol. The van der Waals surface area contributed by atoms with Gasteiger partial charge in [0.2, 0.25) is 0 Å². The molecule has 0 unspecified atom stereocenters. The third-order valence-corrected chi connectivity index (χ3v) is 3.17. The zero-order valence-electron chi connectivity index (χ0n) is 12.4. The van der Waals surface area contributed by atoms with E-state index in [1.165, 1.54) is 12.1 Å². The largest absolute Gasteiger partial charge is 0.379 e. The van der Waals surface area contributed by atoms with Crippen molar-refractivity contribution in [2.75, 3.05) is 13.2 Å². The lowest BCUT2D eigenvalue weighted by Gasteiger charge is -2.10. The van der Waals surface area contributed by atoms with Gasteiger partial charge in [0, 0.05) is 24.1 Å². The second-order valence-electron chi connectivity index (χ2n) is 5.17. The fraction of sp³-hybridized carbons (Fsp3) is 0.353. The molecule has 0 fully saturated rings. The van der Waals surface area contributed by atoms with E-state index >= 15 is 0 Å². The minimum absolute atomic E-state index is 0.184. The SMILES string of the molecule is CC(C)OCCCNC(=O)c1ccc(F)c2ccccc12. The molecule has 0 saturated carbocycles. The number of nitrogens with one attached hydrogen (secondary N) is 1. The topological polar surface area (TPSA) is 38.3 Å². The molecule has 0 aliphatic carbocycles. The number of halogens is 1. The van der Waals surface area contributed by atoms with Crippen LogP contribution in [0.1, 0.15) is 30.6 Å². The van der Waals surface area contributed by atoms with Gasteiger partial charge in [-0.3, -0.25) is 4.79 Å². The van der Waals surface area contributed by atoms with Gasteiger partial charge >= 0.3 is 0 Å². The summed E-state index contributed by atoms with van der Waals surface area (Å²) >= 11 is 0. The first-order chi connectivity index (χ1) is 10.1. The van der Waals surface area contributed by atoms with Gasteiger partial charge in [-0.05, 0) is 37.8 Å². The summed E-state index contributed by atoms with van der Waals surface area (Å²) in [4.78, 5) is 12.2. The van der Waals surface area contributed by atoms with Crippen LogP contribution in [0.25, 0.3) is 10.8 Å². The maximum Gasteiger partial charge on any atom is 0.251 e. The lowest BCUT2D eigenvalue weighted by molar-refractivity contribution is 0.0757. The smallest absolute Gasteiger partial charge is 0.251 e. The van der Waals surface area contributed by atoms with Gasteiger partial charge < -0.3 is 10.1 Å². The summed E-state index contributed by atoms with van der Waals surface area (Å²) < 4.78 is 19.1. The maximum absolute atomic E-state index is 13.7. The minimum atomic E-state index is -0.313. The average molecular weight is 289 g/mol. The molecule has 2 rings (SSSR count). The van der Waals surface area contributed by atoms with Crippen molar-refractivity contribution in [3.8, 4) is 0 Å². The van der Waals surface area contributed by atoms with E-state index in [-0.39, 0.29) is 17.8 Å². The molecule has 112 valence electrons. The third kappa shape index (κ3) is 4.02. The van der Waals surface area contributed by atoms with E-state index in [0.29, 0.717) is 29.5 Å². The number of carbonyl (C=O) groups is 1. The molecule has 0 bridgehead atoms. The number of ether oxygens (including phenoxy) is 1. The van der Waals surface area contributed by atoms with Gasteiger partial charge in [-0.2, -0.15) is 0 Å². The first kappa shape index (κ1) is 15.4. The lowest BCUT2D eigenvalue weighted by Crippen LogP contribution is -2.25. The van der Waals surface area contributed by atoms with E-state index in [4.69, 9.17) is 4.74 Å². The van der Waals surface area contributed by atoms with Gasteiger partial charge in [0.1, 0.15) is 5.82 Å². The summed E-state index contributed by atoms with van der Waals surface area (Å²) in [6.07, 6.45) is 0.949. The number of hydrogen-bond donors (Lipinski definition) is 1. The van der Waals surface area contributed by atoms with Gasteiger partial charge in [0.25, 0.3) is 5.91 Å². The Morgan fingerprint density at radius 2 is 1.90 bits per heavy atom. The van der Waals surface area contributed by atoms with E-state index in [9.17, 15) is 9.18 Å². The predicted octanol–water partition coefficient (Wildman–Crippen LogP) is 3.52. The fourth-order valence-corrected chi connectivity index (χ4v) is 2.15. The minimum Gasteiger partial charge on any atom is -0.379 e. The summed E-state index contributed by atoms with van der Waals surface area (Å²) in [6.45, 7) is 5.10. The van der Waals surface area contributed by atoms with Crippen LogP contribution in [0.2, 0.25) is 0 Å². The van der Waals surface area contributed by atoms with Crippen LogP contribution in [0, 0.1) is 5.82 Å². The molecule has 0 aliphatic rings. The zero-order chi connectivity index (χ0) is 15.2. The molecule has 2 aromatic carbocycles. The Morgan fingerprint density at radius 3 is 2.62 bits per heavy atom. The summed E-state index contributed by atoms with van der Waals surface area (Å²) in [7, 11) is 0. The normalized spacial score (nSPS) is 11.0. The van der Waals surface area contributed by atoms with Crippen molar-refractivity contribution in [1.29, 1.82) is 0 Å². The lowest BCUT2D eigenvalue weighted by atomic mass is 10.0. The Bertz CT molecular complexity index is 625. The molecule has 0 heterocycles. The Hall–Kier alpha value is -1.94. The molecule has 0 spiro atoms. The number of hydrogen-bond acceptors (Lipinski definition) is 2. The van der Waals surface area contributed by atoms with Crippen molar-refractivity contribution in [2.45, 2.75) is 26.4 Å². The second kappa shape index (κ2) is 7.18. The molecular weight excluding hydrogens is 269 g/mol. The van der Waals surface area contributed by atoms with Crippen molar-refractivity contribution in [2.24, 2.45) is 0 Å². The second-order valence-corrected chi connectivity index (χ2v) is 5.17. The quantitative estimate of drug-likeness (QED) is 0.826. The Morgan fingerprint density at radius 1 is 1.19 bits per heavy atom. The Kier molecular flexibility index (Phi) is 5.28. The van der Waals surface area contributed by atoms with Crippen LogP contribution in [0.15, 0.2) is 36.4 Å². The van der Waals surface area contributed by atoms with Crippen molar-refractivity contribution < 1.29 is 13.9 Å². The molecule has 2 aromatic rings. The fourth-order valence-electron chi connectivity index (χ4n) is 2.15. The summed E-state index contributed by atoms with van der Waals surface area (Å²) in [5.74, 6) is -0.497. The van der Waals surface area contributed by atoms with Gasteiger partial charge in [0.05, 0.1) is 6.10 Å². The predicted molar refractivity (Wildman–Crippen MR) is 81.9 cm³/mol. The molecule has 4 heteroatoms. The first-order valence-electron chi connectivity index (χ1n) is 7.16. The van der Waals surface area contributed by atoms with Crippen LogP contribution < -0.4 is 5.32 Å². The average Bonchev–Trinajstić information content (AvgIpc) is 2.47. The summed E-state index contributed by atoms with van der Waals surface area (Å²) in [6, 6.07) is 9.86. The van der Waals surface area contributed by atoms with E-state index in [2.05, 4.69) is 5.32 Å². The number of benzene rings is 2. The van der Waals surface area contributed by atoms with E-state index in [0.717, 1.165) is 6.42 Å². The van der Waals surface area contributed by atoms with Crippen LogP contribution in [-0.2, 0) is 4.74 Å². The van der Waals surface area contributed by atoms with Crippen molar-refractivity contribution in [3.05, 3.63) is 47.8 Å². The number of rotatable bonds is 6. The van der Waals surface area contributed by atoms with E-state index in [1.54, 1.807) is 24.3 Å². The molecule has 0 aliphatic heterocycles. The highest BCUT2D eigenvalue weighted by molar-refractivity contribution is 6.07. The summed E-state index contributed by atoms with van der Waals surface area (Å²) in [5.41, 5.74) is 0.497. The summed E-state index contributed by atoms with van der Waals surface area (Å²) in [5, 5.41) is 3.94. The first-order valence-corrected chi connectivity index (χ1v) is 7.16. The Balaban J connectivity index is 2.02. The highest BCUT2D eigenvalue weighted by Gasteiger charge is 2.11. The van der Waals surface area contributed by atoms with Crippen molar-refractivity contribution in [3.63, 3.8) is 0 Å². The van der Waals surface area contributed by atoms with Crippen molar-refractivity contribution >= 4 is 16.7 Å². The highest BCUT2D eigenvalue weighted by Crippen LogP contribution is 2.21. The third-order valence-electron chi connectivity index (χ3n) is 3.17. The van der Waals surface area contributed by atoms with Crippen LogP contribution >= 0.6 is 0 Å². The van der Waals surface area contributed by atoms with Crippen LogP contribution in [-0.4, -0.2) is 25.2 Å². The van der Waals surface area contributed by atoms with E-state index in [1.807, 2.05) is 13.8 Å². The van der Waals surface area contributed by atoms with Gasteiger partial charge in [-0.15, -0.1) is 0 Å². The number of amides is 1. The number of fused-ring (bicyclic) bond motifs is 1. The molecule has 1 N–H and O–H groups in total. The van der Waals surface area contributed by atoms with Crippen LogP contribution in [0.5, 0.6) is 0 Å². The standard InChI is InChI=1S/C17H20FNO2/c1-12(2)21-11-5-10-19-17(20)15-8-9-16(18)14-7-4-3-6-13(14)15/h3-4,6-9,12H,5,10-11H2,1-2H3,(H,19,20). The zero-order valence-corrected chi connectivity index (χ0v) is 12.4. The van der Waals surface area contributed by atoms with Crippen LogP contribution in [0.3, 0.4) is 0 Å². The van der Waals surface area contributed by atoms with Gasteiger partial charge in [0.15, 0.2) is 0 Å². The molecular formula is C17H20FNO2. The Labute approximate surface area is 124 Å². The molecule has 0 atom stereocenters. The molecule has 21 heavy (non-hydrogen) atoms. The molecule has 0 aromatic heterocycles. The highest BCUT2D eigenvalue weighted by atomic mass is 19.1. The maximum atomic E-state index is 13.7. The molecule has 3 nitrogen and oxygen atoms in total. The molecule has 0 saturated heterocycles. The van der Waals surface area contributed by atoms with Crippen molar-refractivity contribution in [1.82, 2.24) is 5.32 Å². The van der Waals surface area contributed by atoms with Crippen LogP contribution in [0.4, 0.5) is 4.39 Å². The number of carbonyl (C=O) groups excluding carboxylic acids is 1. The molecule has 1 amide bonds. The van der Waals surface area contributed by atoms with Gasteiger partial charge in [-0.1, -0.05) is 24.3 Å². The van der Waals surface area contributed by atoms with Gasteiger partial charge in [-0.25, -0.2) is 4.39 Å².